The summed E-state index contributed by atoms with van der Waals surface area (Å²) in [6, 6.07) is 5.54. The van der Waals surface area contributed by atoms with Crippen LogP contribution in [0.1, 0.15) is 22.3 Å². The van der Waals surface area contributed by atoms with Crippen LogP contribution in [0.5, 0.6) is 0 Å². The van der Waals surface area contributed by atoms with E-state index in [4.69, 9.17) is 0 Å². The van der Waals surface area contributed by atoms with Crippen LogP contribution in [-0.2, 0) is 6.18 Å². The summed E-state index contributed by atoms with van der Waals surface area (Å²) in [7, 11) is 1.22. The minimum atomic E-state index is -4.36. The number of hydrogen-bond acceptors (Lipinski definition) is 6. The average Bonchev–Trinajstić information content (AvgIpc) is 3.28. The Morgan fingerprint density at radius 1 is 1.18 bits per heavy atom. The minimum Gasteiger partial charge on any atom is -0.365 e. The normalized spacial score (nSPS) is 21.3. The summed E-state index contributed by atoms with van der Waals surface area (Å²) in [5.41, 5.74) is 0.0839. The van der Waals surface area contributed by atoms with E-state index in [0.717, 1.165) is 12.5 Å². The largest absolute Gasteiger partial charge is 0.416 e. The number of nitrogens with zero attached hydrogens (tertiary/aromatic N) is 5. The van der Waals surface area contributed by atoms with Crippen LogP contribution in [0.15, 0.2) is 36.7 Å². The second-order valence-corrected chi connectivity index (χ2v) is 7.00. The number of alkyl halides is 3. The third-order valence-corrected chi connectivity index (χ3v) is 5.18. The van der Waals surface area contributed by atoms with Crippen LogP contribution in [-0.4, -0.2) is 58.4 Å². The Labute approximate surface area is 159 Å². The van der Waals surface area contributed by atoms with Gasteiger partial charge in [0.2, 0.25) is 5.95 Å². The number of amides is 1. The lowest BCUT2D eigenvalue weighted by Gasteiger charge is -2.35. The number of halogens is 3. The summed E-state index contributed by atoms with van der Waals surface area (Å²) in [5, 5.41) is 9.65. The second-order valence-electron chi connectivity index (χ2n) is 7.00. The lowest BCUT2D eigenvalue weighted by Crippen LogP contribution is -2.47. The molecular weight excluding hydrogens is 375 g/mol. The fourth-order valence-electron chi connectivity index (χ4n) is 3.86. The summed E-state index contributed by atoms with van der Waals surface area (Å²) in [4.78, 5) is 24.1. The van der Waals surface area contributed by atoms with Crippen LogP contribution < -0.4 is 9.80 Å². The van der Waals surface area contributed by atoms with Gasteiger partial charge in [-0.2, -0.15) is 13.2 Å². The van der Waals surface area contributed by atoms with Gasteiger partial charge in [0, 0.05) is 44.3 Å². The Bertz CT molecular complexity index is 888. The van der Waals surface area contributed by atoms with Gasteiger partial charge in [-0.25, -0.2) is 15.0 Å². The molecule has 0 saturated carbocycles. The average molecular weight is 393 g/mol. The third kappa shape index (κ3) is 3.24. The standard InChI is InChI=1S/C18H18F3N5O2/c1-24(28)16(27)11-7-22-17(23-8-11)26-10-14-6-15(26)9-25(14)13-4-2-3-12(5-13)18(19,20)21/h2-5,7-8,14-15,28H,6,9-10H2,1H3/t14-,15-/m1/s1. The van der Waals surface area contributed by atoms with Crippen LogP contribution in [0.2, 0.25) is 0 Å². The molecule has 0 aliphatic carbocycles. The van der Waals surface area contributed by atoms with Crippen LogP contribution in [0.4, 0.5) is 24.8 Å². The van der Waals surface area contributed by atoms with Gasteiger partial charge in [-0.3, -0.25) is 10.0 Å². The predicted octanol–water partition coefficient (Wildman–Crippen LogP) is 2.42. The molecule has 1 N–H and O–H groups in total. The van der Waals surface area contributed by atoms with Gasteiger partial charge >= 0.3 is 6.18 Å². The first kappa shape index (κ1) is 18.5. The fraction of sp³-hybridized carbons (Fsp3) is 0.389. The molecule has 2 fully saturated rings. The Kier molecular flexibility index (Phi) is 4.37. The van der Waals surface area contributed by atoms with E-state index in [2.05, 4.69) is 9.97 Å². The van der Waals surface area contributed by atoms with Gasteiger partial charge in [-0.05, 0) is 24.6 Å². The highest BCUT2D eigenvalue weighted by atomic mass is 19.4. The molecule has 2 aliphatic heterocycles. The molecule has 0 unspecified atom stereocenters. The first-order valence-corrected chi connectivity index (χ1v) is 8.73. The van der Waals surface area contributed by atoms with E-state index >= 15 is 0 Å². The quantitative estimate of drug-likeness (QED) is 0.638. The number of rotatable bonds is 3. The van der Waals surface area contributed by atoms with Gasteiger partial charge in [0.05, 0.1) is 17.2 Å². The Hall–Kier alpha value is -2.88. The first-order valence-electron chi connectivity index (χ1n) is 8.73. The highest BCUT2D eigenvalue weighted by Gasteiger charge is 2.44. The zero-order valence-electron chi connectivity index (χ0n) is 15.0. The number of carbonyl (C=O) groups is 1. The molecule has 7 nitrogen and oxygen atoms in total. The van der Waals surface area contributed by atoms with E-state index in [-0.39, 0.29) is 17.6 Å². The smallest absolute Gasteiger partial charge is 0.365 e. The molecule has 2 aliphatic rings. The zero-order valence-corrected chi connectivity index (χ0v) is 15.0. The maximum Gasteiger partial charge on any atom is 0.416 e. The van der Waals surface area contributed by atoms with Crippen molar-refractivity contribution in [3.05, 3.63) is 47.8 Å². The number of hydrogen-bond donors (Lipinski definition) is 1. The van der Waals surface area contributed by atoms with E-state index in [1.165, 1.54) is 31.6 Å². The topological polar surface area (TPSA) is 72.8 Å². The molecule has 2 bridgehead atoms. The number of fused-ring (bicyclic) bond motifs is 2. The predicted molar refractivity (Wildman–Crippen MR) is 94.2 cm³/mol. The van der Waals surface area contributed by atoms with Crippen LogP contribution in [0.3, 0.4) is 0 Å². The second kappa shape index (κ2) is 6.62. The molecule has 1 aromatic heterocycles. The number of piperazine rings is 1. The maximum atomic E-state index is 13.0. The van der Waals surface area contributed by atoms with Gasteiger partial charge in [-0.1, -0.05) is 6.07 Å². The van der Waals surface area contributed by atoms with Gasteiger partial charge in [0.1, 0.15) is 0 Å². The molecule has 2 atom stereocenters. The summed E-state index contributed by atoms with van der Waals surface area (Å²) in [6.07, 6.45) is -0.849. The molecule has 0 radical (unpaired) electrons. The monoisotopic (exact) mass is 393 g/mol. The van der Waals surface area contributed by atoms with E-state index in [1.54, 1.807) is 6.07 Å². The number of benzene rings is 1. The highest BCUT2D eigenvalue weighted by molar-refractivity contribution is 5.92. The van der Waals surface area contributed by atoms with Crippen molar-refractivity contribution >= 4 is 17.5 Å². The van der Waals surface area contributed by atoms with Gasteiger partial charge in [0.25, 0.3) is 5.91 Å². The van der Waals surface area contributed by atoms with E-state index in [0.29, 0.717) is 29.8 Å². The fourth-order valence-corrected chi connectivity index (χ4v) is 3.86. The lowest BCUT2D eigenvalue weighted by atomic mass is 10.1. The van der Waals surface area contributed by atoms with Crippen molar-refractivity contribution < 1.29 is 23.2 Å². The van der Waals surface area contributed by atoms with E-state index in [9.17, 15) is 23.2 Å². The van der Waals surface area contributed by atoms with Gasteiger partial charge in [0.15, 0.2) is 0 Å². The van der Waals surface area contributed by atoms with Crippen LogP contribution in [0, 0.1) is 0 Å². The Morgan fingerprint density at radius 3 is 2.39 bits per heavy atom. The summed E-state index contributed by atoms with van der Waals surface area (Å²) < 4.78 is 38.9. The number of anilines is 2. The summed E-state index contributed by atoms with van der Waals surface area (Å²) >= 11 is 0. The Balaban J connectivity index is 1.48. The molecule has 1 amide bonds. The van der Waals surface area contributed by atoms with Gasteiger partial charge < -0.3 is 9.80 Å². The summed E-state index contributed by atoms with van der Waals surface area (Å²) in [5.74, 6) is -0.140. The molecule has 2 saturated heterocycles. The third-order valence-electron chi connectivity index (χ3n) is 5.18. The molecule has 2 aromatic rings. The van der Waals surface area contributed by atoms with Crippen molar-refractivity contribution in [2.75, 3.05) is 29.9 Å². The van der Waals surface area contributed by atoms with Crippen molar-refractivity contribution in [2.24, 2.45) is 0 Å². The van der Waals surface area contributed by atoms with Crippen LogP contribution in [0.25, 0.3) is 0 Å². The molecule has 10 heteroatoms. The highest BCUT2D eigenvalue weighted by Crippen LogP contribution is 2.38. The molecule has 3 heterocycles. The lowest BCUT2D eigenvalue weighted by molar-refractivity contribution is -0.137. The minimum absolute atomic E-state index is 0.0713. The number of hydroxylamine groups is 2. The number of carbonyl (C=O) groups excluding carboxylic acids is 1. The SMILES string of the molecule is CN(O)C(=O)c1cnc(N2C[C@H]3C[C@@H]2CN3c2cccc(C(F)(F)F)c2)nc1. The van der Waals surface area contributed by atoms with Crippen LogP contribution >= 0.6 is 0 Å². The van der Waals surface area contributed by atoms with Crippen molar-refractivity contribution in [3.8, 4) is 0 Å². The molecule has 148 valence electrons. The van der Waals surface area contributed by atoms with Gasteiger partial charge in [-0.15, -0.1) is 0 Å². The zero-order chi connectivity index (χ0) is 20.1. The van der Waals surface area contributed by atoms with Crippen molar-refractivity contribution in [2.45, 2.75) is 24.7 Å². The Morgan fingerprint density at radius 2 is 1.82 bits per heavy atom. The molecular formula is C18H18F3N5O2. The molecule has 28 heavy (non-hydrogen) atoms. The van der Waals surface area contributed by atoms with E-state index in [1.807, 2.05) is 9.80 Å². The van der Waals surface area contributed by atoms with Crippen molar-refractivity contribution in [3.63, 3.8) is 0 Å². The van der Waals surface area contributed by atoms with E-state index < -0.39 is 17.6 Å². The van der Waals surface area contributed by atoms with Crippen molar-refractivity contribution in [1.29, 1.82) is 0 Å². The molecule has 1 aromatic carbocycles. The summed E-state index contributed by atoms with van der Waals surface area (Å²) in [6.45, 7) is 1.17. The molecule has 4 rings (SSSR count). The first-order chi connectivity index (χ1) is 13.2. The molecule has 0 spiro atoms. The van der Waals surface area contributed by atoms with Crippen molar-refractivity contribution in [1.82, 2.24) is 15.0 Å². The number of aromatic nitrogens is 2. The maximum absolute atomic E-state index is 13.0.